The molecule has 30 heavy (non-hydrogen) atoms. The number of ether oxygens (including phenoxy) is 1. The Morgan fingerprint density at radius 3 is 2.70 bits per heavy atom. The van der Waals surface area contributed by atoms with Crippen LogP contribution in [0, 0.1) is 6.92 Å². The van der Waals surface area contributed by atoms with Gasteiger partial charge >= 0.3 is 0 Å². The van der Waals surface area contributed by atoms with Crippen LogP contribution in [-0.2, 0) is 11.3 Å². The van der Waals surface area contributed by atoms with Gasteiger partial charge in [-0.05, 0) is 48.9 Å². The number of nitrogens with one attached hydrogen (secondary N) is 3. The smallest absolute Gasteiger partial charge is 0.258 e. The van der Waals surface area contributed by atoms with Crippen LogP contribution in [0.1, 0.15) is 42.4 Å². The van der Waals surface area contributed by atoms with Crippen molar-refractivity contribution in [3.05, 3.63) is 65.2 Å². The normalized spacial score (nSPS) is 14.7. The molecule has 1 unspecified atom stereocenters. The zero-order valence-corrected chi connectivity index (χ0v) is 18.1. The van der Waals surface area contributed by atoms with Gasteiger partial charge in [-0.15, -0.1) is 0 Å². The van der Waals surface area contributed by atoms with Crippen molar-refractivity contribution in [1.82, 2.24) is 16.0 Å². The predicted molar refractivity (Wildman–Crippen MR) is 121 cm³/mol. The Labute approximate surface area is 179 Å². The number of benzene rings is 2. The topological polar surface area (TPSA) is 74.8 Å². The lowest BCUT2D eigenvalue weighted by atomic mass is 9.99. The van der Waals surface area contributed by atoms with Gasteiger partial charge in [-0.1, -0.05) is 48.9 Å². The van der Waals surface area contributed by atoms with Gasteiger partial charge in [-0.3, -0.25) is 9.79 Å². The van der Waals surface area contributed by atoms with E-state index in [9.17, 15) is 4.79 Å². The minimum atomic E-state index is -0.0617. The number of nitrogens with zero attached hydrogens (tertiary/aromatic N) is 1. The molecule has 3 rings (SSSR count). The highest BCUT2D eigenvalue weighted by atomic mass is 16.5. The highest BCUT2D eigenvalue weighted by Crippen LogP contribution is 2.19. The maximum atomic E-state index is 11.8. The molecule has 1 aliphatic rings. The first-order valence-corrected chi connectivity index (χ1v) is 10.6. The van der Waals surface area contributed by atoms with Crippen molar-refractivity contribution in [3.8, 4) is 5.75 Å². The van der Waals surface area contributed by atoms with E-state index in [0.29, 0.717) is 24.3 Å². The lowest BCUT2D eigenvalue weighted by Gasteiger charge is -2.17. The molecule has 160 valence electrons. The van der Waals surface area contributed by atoms with Crippen LogP contribution in [0.15, 0.2) is 53.5 Å². The Morgan fingerprint density at radius 1 is 1.17 bits per heavy atom. The van der Waals surface area contributed by atoms with Gasteiger partial charge in [-0.2, -0.15) is 0 Å². The standard InChI is InChI=1S/C24H32N4O2/c1-17-6-4-8-20(12-17)18(2)14-26-24(25-3)27-15-19-7-5-9-22(13-19)30-16-23(29)28-21-10-11-21/h4-9,12-13,18,21H,10-11,14-16H2,1-3H3,(H,28,29)(H2,25,26,27). The molecule has 0 heterocycles. The van der Waals surface area contributed by atoms with Crippen LogP contribution in [0.25, 0.3) is 0 Å². The second kappa shape index (κ2) is 10.7. The van der Waals surface area contributed by atoms with Crippen molar-refractivity contribution in [3.63, 3.8) is 0 Å². The Kier molecular flexibility index (Phi) is 7.71. The second-order valence-electron chi connectivity index (χ2n) is 7.90. The molecule has 1 amide bonds. The summed E-state index contributed by atoms with van der Waals surface area (Å²) < 4.78 is 5.62. The van der Waals surface area contributed by atoms with E-state index in [1.165, 1.54) is 11.1 Å². The summed E-state index contributed by atoms with van der Waals surface area (Å²) in [5.74, 6) is 1.76. The average molecular weight is 409 g/mol. The van der Waals surface area contributed by atoms with Crippen molar-refractivity contribution in [2.75, 3.05) is 20.2 Å². The summed E-state index contributed by atoms with van der Waals surface area (Å²) in [5, 5.41) is 9.65. The quantitative estimate of drug-likeness (QED) is 0.440. The summed E-state index contributed by atoms with van der Waals surface area (Å²) in [4.78, 5) is 16.1. The van der Waals surface area contributed by atoms with Crippen LogP contribution < -0.4 is 20.7 Å². The van der Waals surface area contributed by atoms with E-state index in [0.717, 1.165) is 30.9 Å². The van der Waals surface area contributed by atoms with E-state index in [1.807, 2.05) is 24.3 Å². The largest absolute Gasteiger partial charge is 0.484 e. The first kappa shape index (κ1) is 21.7. The molecule has 2 aromatic rings. The first-order valence-electron chi connectivity index (χ1n) is 10.6. The Hall–Kier alpha value is -3.02. The second-order valence-corrected chi connectivity index (χ2v) is 7.90. The number of aliphatic imine (C=N–C) groups is 1. The van der Waals surface area contributed by atoms with Crippen molar-refractivity contribution >= 4 is 11.9 Å². The average Bonchev–Trinajstić information content (AvgIpc) is 3.56. The fraction of sp³-hybridized carbons (Fsp3) is 0.417. The number of carbonyl (C=O) groups is 1. The van der Waals surface area contributed by atoms with E-state index in [-0.39, 0.29) is 12.5 Å². The predicted octanol–water partition coefficient (Wildman–Crippen LogP) is 3.12. The van der Waals surface area contributed by atoms with Crippen LogP contribution in [0.2, 0.25) is 0 Å². The molecule has 0 aliphatic heterocycles. The lowest BCUT2D eigenvalue weighted by molar-refractivity contribution is -0.123. The SMILES string of the molecule is CN=C(NCc1cccc(OCC(=O)NC2CC2)c1)NCC(C)c1cccc(C)c1. The molecular weight excluding hydrogens is 376 g/mol. The van der Waals surface area contributed by atoms with Gasteiger partial charge in [0.25, 0.3) is 5.91 Å². The van der Waals surface area contributed by atoms with Crippen molar-refractivity contribution < 1.29 is 9.53 Å². The lowest BCUT2D eigenvalue weighted by Crippen LogP contribution is -2.38. The highest BCUT2D eigenvalue weighted by Gasteiger charge is 2.23. The Balaban J connectivity index is 1.44. The molecule has 1 fully saturated rings. The Bertz CT molecular complexity index is 877. The maximum absolute atomic E-state index is 11.8. The molecule has 0 spiro atoms. The monoisotopic (exact) mass is 408 g/mol. The van der Waals surface area contributed by atoms with Gasteiger partial charge in [0.1, 0.15) is 5.75 Å². The summed E-state index contributed by atoms with van der Waals surface area (Å²) in [5.41, 5.74) is 3.65. The summed E-state index contributed by atoms with van der Waals surface area (Å²) in [6.45, 7) is 5.77. The van der Waals surface area contributed by atoms with Crippen LogP contribution in [0.4, 0.5) is 0 Å². The maximum Gasteiger partial charge on any atom is 0.258 e. The minimum absolute atomic E-state index is 0.0491. The molecule has 1 saturated carbocycles. The third-order valence-electron chi connectivity index (χ3n) is 5.08. The zero-order chi connectivity index (χ0) is 21.3. The van der Waals surface area contributed by atoms with Gasteiger partial charge in [0.2, 0.25) is 0 Å². The molecule has 6 nitrogen and oxygen atoms in total. The summed E-state index contributed by atoms with van der Waals surface area (Å²) in [7, 11) is 1.77. The fourth-order valence-corrected chi connectivity index (χ4v) is 3.14. The molecule has 1 atom stereocenters. The number of hydrogen-bond donors (Lipinski definition) is 3. The van der Waals surface area contributed by atoms with Crippen molar-refractivity contribution in [2.24, 2.45) is 4.99 Å². The summed E-state index contributed by atoms with van der Waals surface area (Å²) in [6.07, 6.45) is 2.15. The number of rotatable bonds is 9. The third-order valence-corrected chi connectivity index (χ3v) is 5.08. The van der Waals surface area contributed by atoms with Gasteiger partial charge in [0, 0.05) is 26.2 Å². The minimum Gasteiger partial charge on any atom is -0.484 e. The van der Waals surface area contributed by atoms with Crippen LogP contribution in [0.5, 0.6) is 5.75 Å². The van der Waals surface area contributed by atoms with Crippen molar-refractivity contribution in [1.29, 1.82) is 0 Å². The summed E-state index contributed by atoms with van der Waals surface area (Å²) >= 11 is 0. The zero-order valence-electron chi connectivity index (χ0n) is 18.1. The number of carbonyl (C=O) groups excluding carboxylic acids is 1. The van der Waals surface area contributed by atoms with Gasteiger partial charge < -0.3 is 20.7 Å². The van der Waals surface area contributed by atoms with Gasteiger partial charge in [0.15, 0.2) is 12.6 Å². The molecule has 0 radical (unpaired) electrons. The third kappa shape index (κ3) is 7.10. The van der Waals surface area contributed by atoms with E-state index in [1.54, 1.807) is 7.05 Å². The molecule has 2 aromatic carbocycles. The number of hydrogen-bond acceptors (Lipinski definition) is 3. The summed E-state index contributed by atoms with van der Waals surface area (Å²) in [6, 6.07) is 16.7. The van der Waals surface area contributed by atoms with Crippen molar-refractivity contribution in [2.45, 2.75) is 45.2 Å². The van der Waals surface area contributed by atoms with Gasteiger partial charge in [0.05, 0.1) is 0 Å². The van der Waals surface area contributed by atoms with Crippen LogP contribution in [-0.4, -0.2) is 38.1 Å². The van der Waals surface area contributed by atoms with Gasteiger partial charge in [-0.25, -0.2) is 0 Å². The number of aryl methyl sites for hydroxylation is 1. The molecule has 0 saturated heterocycles. The van der Waals surface area contributed by atoms with E-state index in [4.69, 9.17) is 4.74 Å². The first-order chi connectivity index (χ1) is 14.5. The van der Waals surface area contributed by atoms with E-state index >= 15 is 0 Å². The van der Waals surface area contributed by atoms with Crippen LogP contribution in [0.3, 0.4) is 0 Å². The molecular formula is C24H32N4O2. The van der Waals surface area contributed by atoms with E-state index in [2.05, 4.69) is 59.1 Å². The number of guanidine groups is 1. The number of amides is 1. The highest BCUT2D eigenvalue weighted by molar-refractivity contribution is 5.79. The van der Waals surface area contributed by atoms with E-state index < -0.39 is 0 Å². The Morgan fingerprint density at radius 2 is 1.97 bits per heavy atom. The molecule has 0 bridgehead atoms. The molecule has 0 aromatic heterocycles. The fourth-order valence-electron chi connectivity index (χ4n) is 3.14. The van der Waals surface area contributed by atoms with Crippen LogP contribution >= 0.6 is 0 Å². The molecule has 6 heteroatoms. The molecule has 1 aliphatic carbocycles. The molecule has 3 N–H and O–H groups in total.